The molecule has 0 spiro atoms. The van der Waals surface area contributed by atoms with E-state index in [4.69, 9.17) is 0 Å². The fourth-order valence-electron chi connectivity index (χ4n) is 4.13. The standard InChI is InChI=1S/C19H26F3N3O2/c1-2-18(13-26)8-5-11-25(18)17(27)23-15-12-14(19(20,21)22)6-7-16(15)24-9-3-4-10-24/h6-7,12,26H,2-5,8-11,13H2,1H3,(H,23,27)/t18-/m1/s1. The summed E-state index contributed by atoms with van der Waals surface area (Å²) in [6, 6.07) is 3.05. The first kappa shape index (κ1) is 19.8. The van der Waals surface area contributed by atoms with Crippen molar-refractivity contribution in [3.8, 4) is 0 Å². The maximum atomic E-state index is 13.2. The van der Waals surface area contributed by atoms with E-state index in [1.165, 1.54) is 6.07 Å². The summed E-state index contributed by atoms with van der Waals surface area (Å²) in [4.78, 5) is 16.4. The Morgan fingerprint density at radius 1 is 1.22 bits per heavy atom. The molecule has 5 nitrogen and oxygen atoms in total. The van der Waals surface area contributed by atoms with Crippen LogP contribution in [0.5, 0.6) is 0 Å². The quantitative estimate of drug-likeness (QED) is 0.821. The molecule has 2 amide bonds. The Morgan fingerprint density at radius 3 is 2.52 bits per heavy atom. The van der Waals surface area contributed by atoms with E-state index in [9.17, 15) is 23.1 Å². The summed E-state index contributed by atoms with van der Waals surface area (Å²) in [6.45, 7) is 3.75. The summed E-state index contributed by atoms with van der Waals surface area (Å²) in [5.74, 6) is 0. The maximum absolute atomic E-state index is 13.2. The van der Waals surface area contributed by atoms with Gasteiger partial charge in [-0.25, -0.2) is 4.79 Å². The van der Waals surface area contributed by atoms with Crippen LogP contribution in [-0.2, 0) is 6.18 Å². The molecule has 0 aliphatic carbocycles. The lowest BCUT2D eigenvalue weighted by Crippen LogP contribution is -2.51. The van der Waals surface area contributed by atoms with Crippen molar-refractivity contribution in [2.24, 2.45) is 0 Å². The smallest absolute Gasteiger partial charge is 0.394 e. The Morgan fingerprint density at radius 2 is 1.93 bits per heavy atom. The number of amides is 2. The molecule has 1 aromatic rings. The highest BCUT2D eigenvalue weighted by atomic mass is 19.4. The van der Waals surface area contributed by atoms with Crippen molar-refractivity contribution in [1.29, 1.82) is 0 Å². The molecule has 3 rings (SSSR count). The zero-order valence-electron chi connectivity index (χ0n) is 15.5. The fourth-order valence-corrected chi connectivity index (χ4v) is 4.13. The Balaban J connectivity index is 1.90. The molecule has 2 N–H and O–H groups in total. The van der Waals surface area contributed by atoms with Crippen LogP contribution in [-0.4, -0.2) is 47.8 Å². The predicted octanol–water partition coefficient (Wildman–Crippen LogP) is 4.07. The van der Waals surface area contributed by atoms with Crippen molar-refractivity contribution < 1.29 is 23.1 Å². The highest BCUT2D eigenvalue weighted by molar-refractivity contribution is 5.94. The minimum Gasteiger partial charge on any atom is -0.394 e. The predicted molar refractivity (Wildman–Crippen MR) is 98.0 cm³/mol. The molecular formula is C19H26F3N3O2. The normalized spacial score (nSPS) is 23.1. The van der Waals surface area contributed by atoms with Crippen LogP contribution in [0, 0.1) is 0 Å². The molecule has 0 unspecified atom stereocenters. The highest BCUT2D eigenvalue weighted by Gasteiger charge is 2.42. The van der Waals surface area contributed by atoms with E-state index in [-0.39, 0.29) is 12.3 Å². The third kappa shape index (κ3) is 3.85. The van der Waals surface area contributed by atoms with E-state index in [1.54, 1.807) is 4.90 Å². The Labute approximate surface area is 157 Å². The molecule has 2 heterocycles. The second-order valence-electron chi connectivity index (χ2n) is 7.35. The average molecular weight is 385 g/mol. The molecule has 2 fully saturated rings. The molecule has 2 aliphatic rings. The third-order valence-corrected chi connectivity index (χ3v) is 5.81. The zero-order chi connectivity index (χ0) is 19.7. The van der Waals surface area contributed by atoms with Gasteiger partial charge >= 0.3 is 12.2 Å². The minimum atomic E-state index is -4.48. The largest absolute Gasteiger partial charge is 0.416 e. The van der Waals surface area contributed by atoms with Crippen LogP contribution < -0.4 is 10.2 Å². The Bertz CT molecular complexity index is 683. The van der Waals surface area contributed by atoms with Gasteiger partial charge in [0.25, 0.3) is 0 Å². The molecule has 1 atom stereocenters. The van der Waals surface area contributed by atoms with E-state index >= 15 is 0 Å². The summed E-state index contributed by atoms with van der Waals surface area (Å²) >= 11 is 0. The zero-order valence-corrected chi connectivity index (χ0v) is 15.5. The van der Waals surface area contributed by atoms with Gasteiger partial charge in [-0.2, -0.15) is 13.2 Å². The summed E-state index contributed by atoms with van der Waals surface area (Å²) in [5, 5.41) is 12.5. The summed E-state index contributed by atoms with van der Waals surface area (Å²) in [6.07, 6.45) is -0.472. The number of alkyl halides is 3. The van der Waals surface area contributed by atoms with E-state index < -0.39 is 23.3 Å². The third-order valence-electron chi connectivity index (χ3n) is 5.81. The van der Waals surface area contributed by atoms with Crippen LogP contribution in [0.15, 0.2) is 18.2 Å². The first-order chi connectivity index (χ1) is 12.8. The SMILES string of the molecule is CC[C@]1(CO)CCCN1C(=O)Nc1cc(C(F)(F)F)ccc1N1CCCC1. The van der Waals surface area contributed by atoms with Crippen LogP contribution in [0.2, 0.25) is 0 Å². The number of urea groups is 1. The van der Waals surface area contributed by atoms with Gasteiger partial charge in [-0.3, -0.25) is 0 Å². The van der Waals surface area contributed by atoms with Crippen molar-refractivity contribution in [2.45, 2.75) is 50.7 Å². The first-order valence-corrected chi connectivity index (χ1v) is 9.46. The Hall–Kier alpha value is -1.96. The second-order valence-corrected chi connectivity index (χ2v) is 7.35. The lowest BCUT2D eigenvalue weighted by Gasteiger charge is -2.36. The molecule has 1 aromatic carbocycles. The van der Waals surface area contributed by atoms with Gasteiger partial charge in [0.05, 0.1) is 29.1 Å². The number of carbonyl (C=O) groups is 1. The van der Waals surface area contributed by atoms with Crippen LogP contribution in [0.4, 0.5) is 29.3 Å². The van der Waals surface area contributed by atoms with Crippen LogP contribution in [0.25, 0.3) is 0 Å². The molecule has 150 valence electrons. The van der Waals surface area contributed by atoms with Crippen molar-refractivity contribution in [1.82, 2.24) is 4.90 Å². The van der Waals surface area contributed by atoms with Gasteiger partial charge in [0.15, 0.2) is 0 Å². The van der Waals surface area contributed by atoms with Gasteiger partial charge in [0.1, 0.15) is 0 Å². The molecule has 0 aromatic heterocycles. The lowest BCUT2D eigenvalue weighted by molar-refractivity contribution is -0.137. The van der Waals surface area contributed by atoms with Crippen LogP contribution in [0.3, 0.4) is 0 Å². The number of carbonyl (C=O) groups excluding carboxylic acids is 1. The van der Waals surface area contributed by atoms with Crippen LogP contribution in [0.1, 0.15) is 44.6 Å². The number of aliphatic hydroxyl groups excluding tert-OH is 1. The molecule has 2 saturated heterocycles. The number of halogens is 3. The number of hydrogen-bond acceptors (Lipinski definition) is 3. The number of benzene rings is 1. The lowest BCUT2D eigenvalue weighted by atomic mass is 9.94. The second kappa shape index (κ2) is 7.58. The van der Waals surface area contributed by atoms with Gasteiger partial charge in [-0.1, -0.05) is 6.92 Å². The fraction of sp³-hybridized carbons (Fsp3) is 0.632. The number of rotatable bonds is 4. The summed E-state index contributed by atoms with van der Waals surface area (Å²) in [7, 11) is 0. The molecule has 0 bridgehead atoms. The van der Waals surface area contributed by atoms with Crippen molar-refractivity contribution in [3.63, 3.8) is 0 Å². The van der Waals surface area contributed by atoms with E-state index in [2.05, 4.69) is 5.32 Å². The topological polar surface area (TPSA) is 55.8 Å². The van der Waals surface area contributed by atoms with E-state index in [1.807, 2.05) is 11.8 Å². The van der Waals surface area contributed by atoms with Gasteiger partial charge in [-0.05, 0) is 50.3 Å². The minimum absolute atomic E-state index is 0.154. The number of nitrogens with one attached hydrogen (secondary N) is 1. The summed E-state index contributed by atoms with van der Waals surface area (Å²) in [5.41, 5.74) is -0.642. The first-order valence-electron chi connectivity index (χ1n) is 9.46. The van der Waals surface area contributed by atoms with E-state index in [0.717, 1.165) is 44.5 Å². The number of hydrogen-bond donors (Lipinski definition) is 2. The van der Waals surface area contributed by atoms with E-state index in [0.29, 0.717) is 25.1 Å². The molecular weight excluding hydrogens is 359 g/mol. The molecule has 8 heteroatoms. The van der Waals surface area contributed by atoms with Crippen LogP contribution >= 0.6 is 0 Å². The van der Waals surface area contributed by atoms with Crippen molar-refractivity contribution in [2.75, 3.05) is 36.5 Å². The molecule has 0 saturated carbocycles. The van der Waals surface area contributed by atoms with Crippen molar-refractivity contribution >= 4 is 17.4 Å². The average Bonchev–Trinajstić information content (AvgIpc) is 3.31. The Kier molecular flexibility index (Phi) is 5.55. The van der Waals surface area contributed by atoms with Crippen molar-refractivity contribution in [3.05, 3.63) is 23.8 Å². The summed E-state index contributed by atoms with van der Waals surface area (Å²) < 4.78 is 39.5. The molecule has 27 heavy (non-hydrogen) atoms. The van der Waals surface area contributed by atoms with Gasteiger partial charge < -0.3 is 20.2 Å². The number of likely N-dealkylation sites (tertiary alicyclic amines) is 1. The highest BCUT2D eigenvalue weighted by Crippen LogP contribution is 2.38. The maximum Gasteiger partial charge on any atom is 0.416 e. The number of nitrogens with zero attached hydrogens (tertiary/aromatic N) is 2. The van der Waals surface area contributed by atoms with Gasteiger partial charge in [-0.15, -0.1) is 0 Å². The molecule has 2 aliphatic heterocycles. The number of aliphatic hydroxyl groups is 1. The van der Waals surface area contributed by atoms with Gasteiger partial charge in [0, 0.05) is 19.6 Å². The van der Waals surface area contributed by atoms with Gasteiger partial charge in [0.2, 0.25) is 0 Å². The monoisotopic (exact) mass is 385 g/mol. The number of anilines is 2. The molecule has 0 radical (unpaired) electrons.